The monoisotopic (exact) mass is 289 g/mol. The molecule has 0 saturated carbocycles. The van der Waals surface area contributed by atoms with Crippen LogP contribution in [-0.4, -0.2) is 38.9 Å². The number of nitrogens with zero attached hydrogens (tertiary/aromatic N) is 2. The Hall–Kier alpha value is -0.170. The Morgan fingerprint density at radius 2 is 2.22 bits per heavy atom. The maximum Gasteiger partial charge on any atom is 0.170 e. The highest BCUT2D eigenvalue weighted by Crippen LogP contribution is 2.23. The number of aliphatic hydroxyl groups is 1. The zero-order valence-electron chi connectivity index (χ0n) is 11.4. The Bertz CT molecular complexity index is 346. The summed E-state index contributed by atoms with van der Waals surface area (Å²) >= 11 is 3.25. The standard InChI is InChI=1S/C12H23N3OS2/c1-4-10-14-11(18-15-10)17-8-6-7-12(3,9-16)13-5-2/h13,16H,4-9H2,1-3H3. The molecule has 0 saturated heterocycles. The van der Waals surface area contributed by atoms with E-state index in [4.69, 9.17) is 0 Å². The van der Waals surface area contributed by atoms with Crippen LogP contribution in [-0.2, 0) is 6.42 Å². The Kier molecular flexibility index (Phi) is 7.14. The van der Waals surface area contributed by atoms with Gasteiger partial charge in [-0.1, -0.05) is 25.6 Å². The van der Waals surface area contributed by atoms with Gasteiger partial charge in [0.25, 0.3) is 0 Å². The van der Waals surface area contributed by atoms with E-state index >= 15 is 0 Å². The molecule has 0 aromatic carbocycles. The zero-order chi connectivity index (χ0) is 13.4. The SMILES string of the molecule is CCNC(C)(CO)CCCSc1nc(CC)ns1. The average Bonchev–Trinajstić information content (AvgIpc) is 2.83. The van der Waals surface area contributed by atoms with Gasteiger partial charge in [0.1, 0.15) is 5.82 Å². The van der Waals surface area contributed by atoms with Crippen LogP contribution in [0.25, 0.3) is 0 Å². The zero-order valence-corrected chi connectivity index (χ0v) is 13.0. The highest BCUT2D eigenvalue weighted by molar-refractivity contribution is 8.00. The van der Waals surface area contributed by atoms with E-state index in [1.165, 1.54) is 11.5 Å². The summed E-state index contributed by atoms with van der Waals surface area (Å²) in [5.41, 5.74) is -0.148. The third-order valence-electron chi connectivity index (χ3n) is 2.82. The number of aryl methyl sites for hydroxylation is 1. The van der Waals surface area contributed by atoms with Crippen molar-refractivity contribution >= 4 is 23.3 Å². The van der Waals surface area contributed by atoms with Gasteiger partial charge in [-0.2, -0.15) is 4.37 Å². The number of aromatic nitrogens is 2. The van der Waals surface area contributed by atoms with Gasteiger partial charge in [0, 0.05) is 17.7 Å². The summed E-state index contributed by atoms with van der Waals surface area (Å²) in [7, 11) is 0. The van der Waals surface area contributed by atoms with Crippen LogP contribution in [0.5, 0.6) is 0 Å². The molecule has 1 aromatic heterocycles. The molecular weight excluding hydrogens is 266 g/mol. The molecule has 1 aromatic rings. The highest BCUT2D eigenvalue weighted by Gasteiger charge is 2.20. The summed E-state index contributed by atoms with van der Waals surface area (Å²) < 4.78 is 5.32. The van der Waals surface area contributed by atoms with Crippen molar-refractivity contribution in [2.75, 3.05) is 18.9 Å². The van der Waals surface area contributed by atoms with Gasteiger partial charge in [-0.15, -0.1) is 0 Å². The molecule has 1 unspecified atom stereocenters. The van der Waals surface area contributed by atoms with Gasteiger partial charge in [-0.05, 0) is 37.8 Å². The van der Waals surface area contributed by atoms with Crippen molar-refractivity contribution < 1.29 is 5.11 Å². The molecule has 18 heavy (non-hydrogen) atoms. The van der Waals surface area contributed by atoms with Gasteiger partial charge in [-0.25, -0.2) is 4.98 Å². The maximum absolute atomic E-state index is 9.38. The first-order valence-corrected chi connectivity index (χ1v) is 8.20. The van der Waals surface area contributed by atoms with Crippen LogP contribution in [0.3, 0.4) is 0 Å². The topological polar surface area (TPSA) is 58.0 Å². The van der Waals surface area contributed by atoms with Crippen LogP contribution < -0.4 is 5.32 Å². The second kappa shape index (κ2) is 8.09. The third kappa shape index (κ3) is 5.22. The summed E-state index contributed by atoms with van der Waals surface area (Å²) in [6, 6.07) is 0. The molecule has 0 bridgehead atoms. The number of nitrogens with one attached hydrogen (secondary N) is 1. The lowest BCUT2D eigenvalue weighted by molar-refractivity contribution is 0.167. The third-order valence-corrected chi connectivity index (χ3v) is 4.77. The summed E-state index contributed by atoms with van der Waals surface area (Å²) in [5, 5.41) is 12.7. The van der Waals surface area contributed by atoms with Crippen LogP contribution in [0.1, 0.15) is 39.4 Å². The molecule has 1 atom stereocenters. The van der Waals surface area contributed by atoms with Crippen molar-refractivity contribution in [1.29, 1.82) is 0 Å². The number of hydrogen-bond acceptors (Lipinski definition) is 6. The highest BCUT2D eigenvalue weighted by atomic mass is 32.2. The van der Waals surface area contributed by atoms with Gasteiger partial charge >= 0.3 is 0 Å². The molecule has 1 rings (SSSR count). The molecule has 0 aliphatic carbocycles. The first-order valence-electron chi connectivity index (χ1n) is 6.44. The molecule has 6 heteroatoms. The van der Waals surface area contributed by atoms with Crippen LogP contribution in [0, 0.1) is 0 Å². The van der Waals surface area contributed by atoms with E-state index < -0.39 is 0 Å². The Morgan fingerprint density at radius 3 is 2.78 bits per heavy atom. The maximum atomic E-state index is 9.38. The van der Waals surface area contributed by atoms with Crippen molar-refractivity contribution in [3.63, 3.8) is 0 Å². The smallest absolute Gasteiger partial charge is 0.170 e. The van der Waals surface area contributed by atoms with E-state index in [-0.39, 0.29) is 12.1 Å². The molecule has 0 fully saturated rings. The fourth-order valence-corrected chi connectivity index (χ4v) is 3.42. The normalized spacial score (nSPS) is 14.7. The Balaban J connectivity index is 2.25. The molecule has 0 spiro atoms. The number of rotatable bonds is 9. The van der Waals surface area contributed by atoms with Crippen molar-refractivity contribution in [3.05, 3.63) is 5.82 Å². The minimum absolute atomic E-state index is 0.148. The summed E-state index contributed by atoms with van der Waals surface area (Å²) in [4.78, 5) is 4.42. The van der Waals surface area contributed by atoms with E-state index in [0.29, 0.717) is 0 Å². The van der Waals surface area contributed by atoms with Gasteiger partial charge in [0.05, 0.1) is 6.61 Å². The lowest BCUT2D eigenvalue weighted by atomic mass is 9.97. The van der Waals surface area contributed by atoms with Gasteiger partial charge < -0.3 is 10.4 Å². The summed E-state index contributed by atoms with van der Waals surface area (Å²) in [6.45, 7) is 7.28. The predicted molar refractivity (Wildman–Crippen MR) is 78.4 cm³/mol. The van der Waals surface area contributed by atoms with E-state index in [2.05, 4.69) is 35.4 Å². The van der Waals surface area contributed by atoms with Crippen molar-refractivity contribution in [3.8, 4) is 0 Å². The minimum atomic E-state index is -0.148. The van der Waals surface area contributed by atoms with E-state index in [1.54, 1.807) is 11.8 Å². The predicted octanol–water partition coefficient (Wildman–Crippen LogP) is 2.33. The molecule has 4 nitrogen and oxygen atoms in total. The molecule has 1 heterocycles. The summed E-state index contributed by atoms with van der Waals surface area (Å²) in [6.07, 6.45) is 2.94. The first-order chi connectivity index (χ1) is 8.63. The molecule has 104 valence electrons. The second-order valence-corrected chi connectivity index (χ2v) is 6.63. The fraction of sp³-hybridized carbons (Fsp3) is 0.833. The van der Waals surface area contributed by atoms with Crippen LogP contribution >= 0.6 is 23.3 Å². The van der Waals surface area contributed by atoms with Crippen molar-refractivity contribution in [1.82, 2.24) is 14.7 Å². The van der Waals surface area contributed by atoms with Gasteiger partial charge in [0.15, 0.2) is 4.34 Å². The Morgan fingerprint density at radius 1 is 1.44 bits per heavy atom. The van der Waals surface area contributed by atoms with Crippen LogP contribution in [0.4, 0.5) is 0 Å². The van der Waals surface area contributed by atoms with Crippen LogP contribution in [0.15, 0.2) is 4.34 Å². The number of likely N-dealkylation sites (N-methyl/N-ethyl adjacent to an activating group) is 1. The lowest BCUT2D eigenvalue weighted by Gasteiger charge is -2.28. The largest absolute Gasteiger partial charge is 0.394 e. The van der Waals surface area contributed by atoms with E-state index in [1.807, 2.05) is 0 Å². The number of aliphatic hydroxyl groups excluding tert-OH is 1. The second-order valence-electron chi connectivity index (χ2n) is 4.53. The summed E-state index contributed by atoms with van der Waals surface area (Å²) in [5.74, 6) is 1.97. The molecular formula is C12H23N3OS2. The number of thioether (sulfide) groups is 1. The Labute approximate surface area is 118 Å². The lowest BCUT2D eigenvalue weighted by Crippen LogP contribution is -2.45. The van der Waals surface area contributed by atoms with E-state index in [0.717, 1.165) is 41.7 Å². The molecule has 0 radical (unpaired) electrons. The first kappa shape index (κ1) is 15.9. The molecule has 0 aliphatic heterocycles. The van der Waals surface area contributed by atoms with Gasteiger partial charge in [-0.3, -0.25) is 0 Å². The number of hydrogen-bond donors (Lipinski definition) is 2. The average molecular weight is 289 g/mol. The van der Waals surface area contributed by atoms with E-state index in [9.17, 15) is 5.11 Å². The fourth-order valence-electron chi connectivity index (χ4n) is 1.71. The minimum Gasteiger partial charge on any atom is -0.394 e. The van der Waals surface area contributed by atoms with Crippen molar-refractivity contribution in [2.24, 2.45) is 0 Å². The molecule has 2 N–H and O–H groups in total. The quantitative estimate of drug-likeness (QED) is 0.540. The van der Waals surface area contributed by atoms with Crippen LogP contribution in [0.2, 0.25) is 0 Å². The van der Waals surface area contributed by atoms with Gasteiger partial charge in [0.2, 0.25) is 0 Å². The molecule has 0 amide bonds. The molecule has 0 aliphatic rings. The van der Waals surface area contributed by atoms with Crippen molar-refractivity contribution in [2.45, 2.75) is 49.9 Å².